The maximum absolute atomic E-state index is 13.3. The number of carbonyl (C=O) groups excluding carboxylic acids is 3. The van der Waals surface area contributed by atoms with Crippen molar-refractivity contribution in [3.8, 4) is 11.5 Å². The standard InChI is InChI=1S/C46H64N2O8/c1-10-46(55-42(49)37-21-14-26-47-28-37,56-43(50)38-22-15-27-48-29-38)30-52-44(51)53-40-34(6)35(7)41-39(36(40)8)23-25-45(9,54-41)24-13-20-33(5)19-12-18-32(4)17-11-16-31(2)3/h14-15,21-22,26-29,31-33H,10-13,16-20,23-25,30H2,1-9H3. The Morgan fingerprint density at radius 1 is 0.804 bits per heavy atom. The summed E-state index contributed by atoms with van der Waals surface area (Å²) in [5.41, 5.74) is 3.50. The molecule has 4 rings (SSSR count). The maximum atomic E-state index is 13.3. The Kier molecular flexibility index (Phi) is 16.3. The van der Waals surface area contributed by atoms with Crippen LogP contribution in [0.25, 0.3) is 0 Å². The molecule has 1 aliphatic heterocycles. The first kappa shape index (κ1) is 44.2. The van der Waals surface area contributed by atoms with Gasteiger partial charge < -0.3 is 23.7 Å². The van der Waals surface area contributed by atoms with Crippen LogP contribution in [0.1, 0.15) is 155 Å². The summed E-state index contributed by atoms with van der Waals surface area (Å²) in [5.74, 6) is -0.00274. The number of hydrogen-bond donors (Lipinski definition) is 0. The van der Waals surface area contributed by atoms with Crippen LogP contribution in [0, 0.1) is 38.5 Å². The van der Waals surface area contributed by atoms with Crippen LogP contribution in [0.2, 0.25) is 0 Å². The van der Waals surface area contributed by atoms with Gasteiger partial charge in [-0.1, -0.05) is 79.6 Å². The number of ether oxygens (including phenoxy) is 5. The van der Waals surface area contributed by atoms with E-state index in [4.69, 9.17) is 23.7 Å². The average molecular weight is 773 g/mol. The Bertz CT molecular complexity index is 1690. The van der Waals surface area contributed by atoms with Gasteiger partial charge in [0, 0.05) is 36.8 Å². The highest BCUT2D eigenvalue weighted by molar-refractivity contribution is 5.91. The van der Waals surface area contributed by atoms with Crippen molar-refractivity contribution in [2.24, 2.45) is 17.8 Å². The molecule has 3 heterocycles. The first-order valence-electron chi connectivity index (χ1n) is 20.6. The molecule has 0 amide bonds. The molecule has 0 bridgehead atoms. The van der Waals surface area contributed by atoms with Crippen molar-refractivity contribution in [2.75, 3.05) is 6.61 Å². The largest absolute Gasteiger partial charge is 0.514 e. The number of carbonyl (C=O) groups is 3. The van der Waals surface area contributed by atoms with Gasteiger partial charge in [0.2, 0.25) is 0 Å². The van der Waals surface area contributed by atoms with Crippen molar-refractivity contribution in [3.05, 3.63) is 82.4 Å². The van der Waals surface area contributed by atoms with Crippen molar-refractivity contribution < 1.29 is 38.1 Å². The molecule has 3 aromatic rings. The maximum Gasteiger partial charge on any atom is 0.514 e. The molecular weight excluding hydrogens is 709 g/mol. The number of pyridine rings is 2. The summed E-state index contributed by atoms with van der Waals surface area (Å²) in [6.45, 7) is 18.5. The fourth-order valence-electron chi connectivity index (χ4n) is 7.44. The van der Waals surface area contributed by atoms with Gasteiger partial charge in [-0.05, 0) is 112 Å². The van der Waals surface area contributed by atoms with E-state index < -0.39 is 30.5 Å². The Morgan fingerprint density at radius 2 is 1.36 bits per heavy atom. The van der Waals surface area contributed by atoms with E-state index in [9.17, 15) is 14.4 Å². The van der Waals surface area contributed by atoms with Gasteiger partial charge in [0.1, 0.15) is 17.1 Å². The summed E-state index contributed by atoms with van der Waals surface area (Å²) in [4.78, 5) is 47.5. The second kappa shape index (κ2) is 20.6. The summed E-state index contributed by atoms with van der Waals surface area (Å²) in [6, 6.07) is 6.20. The van der Waals surface area contributed by atoms with E-state index >= 15 is 0 Å². The number of rotatable bonds is 20. The van der Waals surface area contributed by atoms with Gasteiger partial charge in [-0.3, -0.25) is 9.97 Å². The van der Waals surface area contributed by atoms with Crippen LogP contribution >= 0.6 is 0 Å². The molecule has 3 unspecified atom stereocenters. The number of esters is 2. The summed E-state index contributed by atoms with van der Waals surface area (Å²) >= 11 is 0. The number of hydrogen-bond acceptors (Lipinski definition) is 10. The number of aromatic nitrogens is 2. The number of benzene rings is 1. The van der Waals surface area contributed by atoms with E-state index in [0.717, 1.165) is 65.5 Å². The van der Waals surface area contributed by atoms with Crippen LogP contribution in [0.3, 0.4) is 0 Å². The molecule has 56 heavy (non-hydrogen) atoms. The van der Waals surface area contributed by atoms with Crippen molar-refractivity contribution in [1.29, 1.82) is 0 Å². The second-order valence-electron chi connectivity index (χ2n) is 16.6. The fraction of sp³-hybridized carbons (Fsp3) is 0.587. The lowest BCUT2D eigenvalue weighted by atomic mass is 9.83. The Balaban J connectivity index is 1.37. The lowest BCUT2D eigenvalue weighted by Crippen LogP contribution is -2.45. The minimum absolute atomic E-state index is 0.0265. The van der Waals surface area contributed by atoms with Crippen LogP contribution in [0.15, 0.2) is 49.1 Å². The predicted octanol–water partition coefficient (Wildman–Crippen LogP) is 11.3. The normalized spacial score (nSPS) is 16.3. The van der Waals surface area contributed by atoms with Gasteiger partial charge in [-0.15, -0.1) is 0 Å². The van der Waals surface area contributed by atoms with E-state index in [-0.39, 0.29) is 23.1 Å². The molecule has 0 fully saturated rings. The van der Waals surface area contributed by atoms with Crippen molar-refractivity contribution in [3.63, 3.8) is 0 Å². The summed E-state index contributed by atoms with van der Waals surface area (Å²) < 4.78 is 29.6. The zero-order valence-corrected chi connectivity index (χ0v) is 35.2. The van der Waals surface area contributed by atoms with E-state index in [1.807, 2.05) is 20.8 Å². The minimum Gasteiger partial charge on any atom is -0.487 e. The molecule has 10 nitrogen and oxygen atoms in total. The molecule has 306 valence electrons. The summed E-state index contributed by atoms with van der Waals surface area (Å²) in [6.07, 6.45) is 17.5. The molecule has 1 aromatic carbocycles. The summed E-state index contributed by atoms with van der Waals surface area (Å²) in [7, 11) is 0. The van der Waals surface area contributed by atoms with Crippen LogP contribution in [0.5, 0.6) is 11.5 Å². The predicted molar refractivity (Wildman–Crippen MR) is 217 cm³/mol. The molecule has 0 saturated carbocycles. The van der Waals surface area contributed by atoms with Crippen molar-refractivity contribution in [1.82, 2.24) is 9.97 Å². The lowest BCUT2D eigenvalue weighted by molar-refractivity contribution is -0.194. The third kappa shape index (κ3) is 12.5. The highest BCUT2D eigenvalue weighted by atomic mass is 16.8. The van der Waals surface area contributed by atoms with E-state index in [0.29, 0.717) is 11.7 Å². The van der Waals surface area contributed by atoms with Crippen LogP contribution in [-0.2, 0) is 20.6 Å². The van der Waals surface area contributed by atoms with Crippen molar-refractivity contribution in [2.45, 2.75) is 151 Å². The fourth-order valence-corrected chi connectivity index (χ4v) is 7.44. The van der Waals surface area contributed by atoms with Gasteiger partial charge in [-0.25, -0.2) is 14.4 Å². The number of fused-ring (bicyclic) bond motifs is 1. The zero-order chi connectivity index (χ0) is 40.9. The van der Waals surface area contributed by atoms with Gasteiger partial charge in [0.25, 0.3) is 5.79 Å². The second-order valence-corrected chi connectivity index (χ2v) is 16.6. The quantitative estimate of drug-likeness (QED) is 0.0623. The first-order chi connectivity index (χ1) is 26.7. The van der Waals surface area contributed by atoms with Crippen molar-refractivity contribution >= 4 is 18.1 Å². The Labute approximate surface area is 334 Å². The molecule has 0 aliphatic carbocycles. The molecule has 0 saturated heterocycles. The highest BCUT2D eigenvalue weighted by Gasteiger charge is 2.41. The molecule has 0 radical (unpaired) electrons. The third-order valence-corrected chi connectivity index (χ3v) is 11.3. The van der Waals surface area contributed by atoms with Gasteiger partial charge in [0.05, 0.1) is 11.1 Å². The molecule has 0 N–H and O–H groups in total. The van der Waals surface area contributed by atoms with E-state index in [1.165, 1.54) is 81.9 Å². The molecular formula is C46H64N2O8. The zero-order valence-electron chi connectivity index (χ0n) is 35.2. The molecule has 2 aromatic heterocycles. The number of nitrogens with zero attached hydrogens (tertiary/aromatic N) is 2. The lowest BCUT2D eigenvalue weighted by Gasteiger charge is -2.38. The highest BCUT2D eigenvalue weighted by Crippen LogP contribution is 2.45. The molecule has 10 heteroatoms. The van der Waals surface area contributed by atoms with Crippen LogP contribution in [-0.4, -0.2) is 46.1 Å². The van der Waals surface area contributed by atoms with E-state index in [2.05, 4.69) is 44.6 Å². The third-order valence-electron chi connectivity index (χ3n) is 11.3. The molecule has 1 aliphatic rings. The topological polar surface area (TPSA) is 123 Å². The average Bonchev–Trinajstić information content (AvgIpc) is 3.18. The smallest absolute Gasteiger partial charge is 0.487 e. The Morgan fingerprint density at radius 3 is 1.88 bits per heavy atom. The Hall–Kier alpha value is -4.47. The summed E-state index contributed by atoms with van der Waals surface area (Å²) in [5, 5.41) is 0. The SMILES string of the molecule is CCC(COC(=O)Oc1c(C)c(C)c2c(c1C)CCC(C)(CCCC(C)CCCC(C)CCCC(C)C)O2)(OC(=O)c1cccnc1)OC(=O)c1cccnc1. The minimum atomic E-state index is -1.96. The molecule has 3 atom stereocenters. The monoisotopic (exact) mass is 772 g/mol. The first-order valence-corrected chi connectivity index (χ1v) is 20.6. The van der Waals surface area contributed by atoms with Gasteiger partial charge in [0.15, 0.2) is 6.61 Å². The van der Waals surface area contributed by atoms with E-state index in [1.54, 1.807) is 19.1 Å². The van der Waals surface area contributed by atoms with Crippen LogP contribution in [0.4, 0.5) is 4.79 Å². The van der Waals surface area contributed by atoms with Gasteiger partial charge in [-0.2, -0.15) is 0 Å². The molecule has 0 spiro atoms. The van der Waals surface area contributed by atoms with Gasteiger partial charge >= 0.3 is 18.1 Å². The van der Waals surface area contributed by atoms with Crippen LogP contribution < -0.4 is 9.47 Å².